The molecule has 0 aromatic carbocycles. The second-order valence-corrected chi connectivity index (χ2v) is 10.1. The molecule has 0 bridgehead atoms. The first-order chi connectivity index (χ1) is 15.8. The number of aryl methyl sites for hydroxylation is 2. The molecule has 3 aliphatic rings. The number of nitrogens with zero attached hydrogens (tertiary/aromatic N) is 2. The highest BCUT2D eigenvalue weighted by Gasteiger charge is 2.45. The average Bonchev–Trinajstić information content (AvgIpc) is 3.47. The molecule has 2 aromatic heterocycles. The summed E-state index contributed by atoms with van der Waals surface area (Å²) in [6, 6.07) is 4.14. The van der Waals surface area contributed by atoms with E-state index in [1.807, 2.05) is 60.9 Å². The normalized spacial score (nSPS) is 24.0. The van der Waals surface area contributed by atoms with Gasteiger partial charge >= 0.3 is 0 Å². The van der Waals surface area contributed by atoms with Crippen molar-refractivity contribution in [2.24, 2.45) is 17.8 Å². The summed E-state index contributed by atoms with van der Waals surface area (Å²) in [5.74, 6) is 0.717. The van der Waals surface area contributed by atoms with E-state index in [9.17, 15) is 14.7 Å². The van der Waals surface area contributed by atoms with Crippen LogP contribution in [0, 0.1) is 17.8 Å². The van der Waals surface area contributed by atoms with Crippen molar-refractivity contribution >= 4 is 17.2 Å². The van der Waals surface area contributed by atoms with Crippen LogP contribution in [-0.2, 0) is 22.4 Å². The molecule has 33 heavy (non-hydrogen) atoms. The van der Waals surface area contributed by atoms with Crippen molar-refractivity contribution in [3.8, 4) is 0 Å². The quantitative estimate of drug-likeness (QED) is 0.660. The van der Waals surface area contributed by atoms with Crippen LogP contribution in [0.5, 0.6) is 0 Å². The highest BCUT2D eigenvalue weighted by atomic mass is 16.3. The van der Waals surface area contributed by atoms with Crippen LogP contribution >= 0.6 is 0 Å². The molecule has 2 heterocycles. The van der Waals surface area contributed by atoms with Gasteiger partial charge in [-0.1, -0.05) is 30.4 Å². The van der Waals surface area contributed by atoms with Crippen LogP contribution in [0.1, 0.15) is 44.4 Å². The number of ketones is 2. The van der Waals surface area contributed by atoms with Gasteiger partial charge in [0.05, 0.1) is 17.2 Å². The number of hydrogen-bond acceptors (Lipinski definition) is 4. The Bertz CT molecular complexity index is 1240. The highest BCUT2D eigenvalue weighted by molar-refractivity contribution is 6.09. The SMILES string of the molecule is CC(C)(O)C1CC1CCc1ccc2nc(CCC(=O)C3=CC(=O)C4C=CC=CC4=C3)cn2c1. The summed E-state index contributed by atoms with van der Waals surface area (Å²) in [7, 11) is 0. The minimum absolute atomic E-state index is 0.0270. The zero-order valence-corrected chi connectivity index (χ0v) is 19.2. The first-order valence-corrected chi connectivity index (χ1v) is 11.8. The Morgan fingerprint density at radius 2 is 2.03 bits per heavy atom. The molecule has 3 unspecified atom stereocenters. The minimum Gasteiger partial charge on any atom is -0.390 e. The fourth-order valence-electron chi connectivity index (χ4n) is 5.11. The van der Waals surface area contributed by atoms with E-state index in [-0.39, 0.29) is 17.5 Å². The van der Waals surface area contributed by atoms with Crippen molar-refractivity contribution in [2.45, 2.75) is 51.6 Å². The van der Waals surface area contributed by atoms with Gasteiger partial charge in [0.25, 0.3) is 0 Å². The number of imidazole rings is 1. The maximum Gasteiger partial charge on any atom is 0.167 e. The predicted octanol–water partition coefficient (Wildman–Crippen LogP) is 4.35. The summed E-state index contributed by atoms with van der Waals surface area (Å²) >= 11 is 0. The van der Waals surface area contributed by atoms with Crippen molar-refractivity contribution in [2.75, 3.05) is 0 Å². The van der Waals surface area contributed by atoms with E-state index in [0.717, 1.165) is 36.2 Å². The van der Waals surface area contributed by atoms with Gasteiger partial charge in [0, 0.05) is 24.4 Å². The van der Waals surface area contributed by atoms with Gasteiger partial charge in [-0.3, -0.25) is 9.59 Å². The summed E-state index contributed by atoms with van der Waals surface area (Å²) in [6.07, 6.45) is 19.0. The van der Waals surface area contributed by atoms with Crippen LogP contribution in [0.3, 0.4) is 0 Å². The largest absolute Gasteiger partial charge is 0.390 e. The summed E-state index contributed by atoms with van der Waals surface area (Å²) in [6.45, 7) is 3.81. The third-order valence-corrected chi connectivity index (χ3v) is 7.12. The average molecular weight is 443 g/mol. The van der Waals surface area contributed by atoms with Crippen LogP contribution in [0.25, 0.3) is 5.65 Å². The van der Waals surface area contributed by atoms with Crippen LogP contribution in [0.15, 0.2) is 72.1 Å². The maximum absolute atomic E-state index is 12.8. The van der Waals surface area contributed by atoms with Crippen molar-refractivity contribution < 1.29 is 14.7 Å². The molecule has 0 radical (unpaired) electrons. The molecule has 0 aliphatic heterocycles. The second-order valence-electron chi connectivity index (χ2n) is 10.1. The lowest BCUT2D eigenvalue weighted by Crippen LogP contribution is -2.22. The first-order valence-electron chi connectivity index (χ1n) is 11.8. The molecule has 0 saturated heterocycles. The molecule has 170 valence electrons. The number of pyridine rings is 1. The zero-order chi connectivity index (χ0) is 23.2. The molecule has 5 rings (SSSR count). The number of fused-ring (bicyclic) bond motifs is 2. The Morgan fingerprint density at radius 3 is 2.82 bits per heavy atom. The third-order valence-electron chi connectivity index (χ3n) is 7.12. The molecule has 5 heteroatoms. The van der Waals surface area contributed by atoms with Crippen molar-refractivity contribution in [3.63, 3.8) is 0 Å². The van der Waals surface area contributed by atoms with Crippen LogP contribution in [0.4, 0.5) is 0 Å². The van der Waals surface area contributed by atoms with Crippen LogP contribution < -0.4 is 0 Å². The molecular formula is C28H30N2O3. The van der Waals surface area contributed by atoms with Crippen molar-refractivity contribution in [3.05, 3.63) is 83.4 Å². The third kappa shape index (κ3) is 4.69. The van der Waals surface area contributed by atoms with Gasteiger partial charge in [-0.2, -0.15) is 0 Å². The van der Waals surface area contributed by atoms with E-state index in [0.29, 0.717) is 30.3 Å². The zero-order valence-electron chi connectivity index (χ0n) is 19.2. The van der Waals surface area contributed by atoms with Crippen LogP contribution in [-0.4, -0.2) is 31.7 Å². The van der Waals surface area contributed by atoms with Gasteiger partial charge in [0.1, 0.15) is 5.65 Å². The number of aliphatic hydroxyl groups is 1. The standard InChI is InChI=1S/C28H30N2O3/c1-28(2,33)24-14-20(24)9-7-18-8-12-27-29-22(17-30(27)16-18)10-11-25(31)21-13-19-5-3-4-6-23(19)26(32)15-21/h3-6,8,12-13,15-17,20,23-24,33H,7,9-11,14H2,1-2H3. The molecule has 5 nitrogen and oxygen atoms in total. The van der Waals surface area contributed by atoms with Gasteiger partial charge in [-0.15, -0.1) is 0 Å². The number of allylic oxidation sites excluding steroid dienone is 8. The molecular weight excluding hydrogens is 412 g/mol. The van der Waals surface area contributed by atoms with Gasteiger partial charge in [0.15, 0.2) is 11.6 Å². The molecule has 0 spiro atoms. The highest BCUT2D eigenvalue weighted by Crippen LogP contribution is 2.48. The van der Waals surface area contributed by atoms with Crippen LogP contribution in [0.2, 0.25) is 0 Å². The fraction of sp³-hybridized carbons (Fsp3) is 0.393. The van der Waals surface area contributed by atoms with E-state index in [1.54, 1.807) is 0 Å². The molecule has 1 N–H and O–H groups in total. The van der Waals surface area contributed by atoms with E-state index in [1.165, 1.54) is 11.6 Å². The van der Waals surface area contributed by atoms with E-state index in [4.69, 9.17) is 0 Å². The number of aromatic nitrogens is 2. The lowest BCUT2D eigenvalue weighted by Gasteiger charge is -2.19. The smallest absolute Gasteiger partial charge is 0.167 e. The predicted molar refractivity (Wildman–Crippen MR) is 128 cm³/mol. The molecule has 1 saturated carbocycles. The fourth-order valence-corrected chi connectivity index (χ4v) is 5.11. The topological polar surface area (TPSA) is 71.7 Å². The maximum atomic E-state index is 12.8. The summed E-state index contributed by atoms with van der Waals surface area (Å²) in [5.41, 5.74) is 3.80. The Hall–Kier alpha value is -3.05. The van der Waals surface area contributed by atoms with Crippen molar-refractivity contribution in [1.29, 1.82) is 0 Å². The molecule has 3 atom stereocenters. The Balaban J connectivity index is 1.19. The number of carbonyl (C=O) groups is 2. The minimum atomic E-state index is -0.575. The lowest BCUT2D eigenvalue weighted by molar-refractivity contribution is -0.118. The Kier molecular flexibility index (Phi) is 5.53. The van der Waals surface area contributed by atoms with E-state index in [2.05, 4.69) is 17.2 Å². The van der Waals surface area contributed by atoms with Gasteiger partial charge in [0.2, 0.25) is 0 Å². The van der Waals surface area contributed by atoms with E-state index < -0.39 is 5.60 Å². The Labute approximate surface area is 194 Å². The second kappa shape index (κ2) is 8.38. The number of rotatable bonds is 8. The summed E-state index contributed by atoms with van der Waals surface area (Å²) in [4.78, 5) is 29.8. The number of hydrogen-bond donors (Lipinski definition) is 1. The van der Waals surface area contributed by atoms with Gasteiger partial charge in [-0.25, -0.2) is 4.98 Å². The van der Waals surface area contributed by atoms with Gasteiger partial charge in [-0.05, 0) is 80.7 Å². The molecule has 1 fully saturated rings. The summed E-state index contributed by atoms with van der Waals surface area (Å²) in [5, 5.41) is 10.1. The number of carbonyl (C=O) groups excluding carboxylic acids is 2. The number of Topliss-reactive ketones (excluding diaryl/α,β-unsaturated/α-hetero) is 1. The lowest BCUT2D eigenvalue weighted by atomic mass is 9.83. The molecule has 2 aromatic rings. The molecule has 0 amide bonds. The first kappa shape index (κ1) is 21.8. The Morgan fingerprint density at radius 1 is 1.18 bits per heavy atom. The monoisotopic (exact) mass is 442 g/mol. The summed E-state index contributed by atoms with van der Waals surface area (Å²) < 4.78 is 2.03. The van der Waals surface area contributed by atoms with E-state index >= 15 is 0 Å². The van der Waals surface area contributed by atoms with Gasteiger partial charge < -0.3 is 9.51 Å². The van der Waals surface area contributed by atoms with Crippen molar-refractivity contribution in [1.82, 2.24) is 9.38 Å². The molecule has 3 aliphatic carbocycles.